The molecule has 0 radical (unpaired) electrons. The van der Waals surface area contributed by atoms with E-state index in [1.54, 1.807) is 36.5 Å². The van der Waals surface area contributed by atoms with Gasteiger partial charge in [-0.2, -0.15) is 0 Å². The standard InChI is InChI=1S/C15H12FN3O/c16-11-5-2-1-4-10(11)9-18-15(20)14-8-13-12(19-14)6-3-7-17-13/h1-8,19H,9H2,(H,18,20). The number of nitrogens with one attached hydrogen (secondary N) is 2. The molecular formula is C15H12FN3O. The van der Waals surface area contributed by atoms with Crippen molar-refractivity contribution in [3.63, 3.8) is 0 Å². The van der Waals surface area contributed by atoms with E-state index in [9.17, 15) is 9.18 Å². The fourth-order valence-corrected chi connectivity index (χ4v) is 1.99. The normalized spacial score (nSPS) is 10.7. The summed E-state index contributed by atoms with van der Waals surface area (Å²) >= 11 is 0. The summed E-state index contributed by atoms with van der Waals surface area (Å²) in [5.74, 6) is -0.614. The monoisotopic (exact) mass is 269 g/mol. The molecule has 0 aliphatic heterocycles. The molecule has 0 aliphatic carbocycles. The number of aromatic nitrogens is 2. The van der Waals surface area contributed by atoms with Crippen LogP contribution in [0.4, 0.5) is 4.39 Å². The fourth-order valence-electron chi connectivity index (χ4n) is 1.99. The quantitative estimate of drug-likeness (QED) is 0.768. The summed E-state index contributed by atoms with van der Waals surface area (Å²) < 4.78 is 13.4. The van der Waals surface area contributed by atoms with Crippen molar-refractivity contribution < 1.29 is 9.18 Å². The van der Waals surface area contributed by atoms with Gasteiger partial charge in [0.1, 0.15) is 11.5 Å². The molecule has 3 rings (SSSR count). The number of halogens is 1. The predicted octanol–water partition coefficient (Wildman–Crippen LogP) is 2.63. The summed E-state index contributed by atoms with van der Waals surface area (Å²) in [5, 5.41) is 2.68. The number of H-pyrrole nitrogens is 1. The Kier molecular flexibility index (Phi) is 3.16. The smallest absolute Gasteiger partial charge is 0.268 e. The van der Waals surface area contributed by atoms with Crippen LogP contribution in [0, 0.1) is 5.82 Å². The highest BCUT2D eigenvalue weighted by Gasteiger charge is 2.10. The molecular weight excluding hydrogens is 257 g/mol. The zero-order valence-corrected chi connectivity index (χ0v) is 10.6. The predicted molar refractivity (Wildman–Crippen MR) is 73.7 cm³/mol. The number of nitrogens with zero attached hydrogens (tertiary/aromatic N) is 1. The van der Waals surface area contributed by atoms with E-state index in [0.717, 1.165) is 11.0 Å². The zero-order chi connectivity index (χ0) is 13.9. The highest BCUT2D eigenvalue weighted by atomic mass is 19.1. The first-order valence-corrected chi connectivity index (χ1v) is 6.19. The van der Waals surface area contributed by atoms with Gasteiger partial charge >= 0.3 is 0 Å². The minimum atomic E-state index is -0.328. The SMILES string of the molecule is O=C(NCc1ccccc1F)c1cc2ncccc2[nH]1. The second kappa shape index (κ2) is 5.13. The fraction of sp³-hybridized carbons (Fsp3) is 0.0667. The molecule has 0 fully saturated rings. The van der Waals surface area contributed by atoms with E-state index in [1.165, 1.54) is 6.07 Å². The van der Waals surface area contributed by atoms with Gasteiger partial charge in [0, 0.05) is 18.3 Å². The molecule has 4 nitrogen and oxygen atoms in total. The maximum absolute atomic E-state index is 13.4. The molecule has 2 N–H and O–H groups in total. The second-order valence-electron chi connectivity index (χ2n) is 4.39. The molecule has 5 heteroatoms. The Balaban J connectivity index is 1.75. The molecule has 100 valence electrons. The molecule has 0 saturated carbocycles. The average molecular weight is 269 g/mol. The lowest BCUT2D eigenvalue weighted by Gasteiger charge is -2.04. The van der Waals surface area contributed by atoms with Gasteiger partial charge in [0.15, 0.2) is 0 Å². The van der Waals surface area contributed by atoms with Gasteiger partial charge in [0.25, 0.3) is 5.91 Å². The van der Waals surface area contributed by atoms with Crippen molar-refractivity contribution in [2.24, 2.45) is 0 Å². The van der Waals surface area contributed by atoms with E-state index in [0.29, 0.717) is 11.3 Å². The van der Waals surface area contributed by atoms with Crippen molar-refractivity contribution >= 4 is 16.9 Å². The van der Waals surface area contributed by atoms with Crippen LogP contribution in [0.1, 0.15) is 16.1 Å². The molecule has 0 unspecified atom stereocenters. The lowest BCUT2D eigenvalue weighted by atomic mass is 10.2. The van der Waals surface area contributed by atoms with Gasteiger partial charge in [-0.3, -0.25) is 9.78 Å². The van der Waals surface area contributed by atoms with E-state index < -0.39 is 0 Å². The lowest BCUT2D eigenvalue weighted by molar-refractivity contribution is 0.0946. The third-order valence-corrected chi connectivity index (χ3v) is 3.03. The number of rotatable bonds is 3. The first-order chi connectivity index (χ1) is 9.74. The Bertz CT molecular complexity index is 733. The molecule has 0 aliphatic rings. The number of pyridine rings is 1. The van der Waals surface area contributed by atoms with Crippen LogP contribution in [-0.2, 0) is 6.54 Å². The van der Waals surface area contributed by atoms with Crippen LogP contribution in [0.2, 0.25) is 0 Å². The number of amides is 1. The summed E-state index contributed by atoms with van der Waals surface area (Å²) in [6.07, 6.45) is 1.66. The first kappa shape index (κ1) is 12.3. The minimum absolute atomic E-state index is 0.147. The number of hydrogen-bond acceptors (Lipinski definition) is 2. The molecule has 2 heterocycles. The van der Waals surface area contributed by atoms with E-state index in [-0.39, 0.29) is 18.3 Å². The van der Waals surface area contributed by atoms with Crippen LogP contribution < -0.4 is 5.32 Å². The van der Waals surface area contributed by atoms with Crippen molar-refractivity contribution in [1.29, 1.82) is 0 Å². The van der Waals surface area contributed by atoms with Crippen LogP contribution in [0.15, 0.2) is 48.7 Å². The number of carbonyl (C=O) groups excluding carboxylic acids is 1. The van der Waals surface area contributed by atoms with Crippen LogP contribution >= 0.6 is 0 Å². The van der Waals surface area contributed by atoms with E-state index in [2.05, 4.69) is 15.3 Å². The Morgan fingerprint density at radius 2 is 2.10 bits per heavy atom. The van der Waals surface area contributed by atoms with Crippen LogP contribution in [0.25, 0.3) is 11.0 Å². The van der Waals surface area contributed by atoms with Crippen molar-refractivity contribution in [1.82, 2.24) is 15.3 Å². The van der Waals surface area contributed by atoms with Crippen molar-refractivity contribution in [3.05, 3.63) is 65.7 Å². The molecule has 0 spiro atoms. The van der Waals surface area contributed by atoms with E-state index in [4.69, 9.17) is 0 Å². The number of fused-ring (bicyclic) bond motifs is 1. The molecule has 0 bridgehead atoms. The minimum Gasteiger partial charge on any atom is -0.349 e. The van der Waals surface area contributed by atoms with Crippen LogP contribution in [0.5, 0.6) is 0 Å². The van der Waals surface area contributed by atoms with Gasteiger partial charge in [-0.15, -0.1) is 0 Å². The Labute approximate surface area is 114 Å². The summed E-state index contributed by atoms with van der Waals surface area (Å²) in [4.78, 5) is 19.1. The molecule has 1 amide bonds. The number of hydrogen-bond donors (Lipinski definition) is 2. The van der Waals surface area contributed by atoms with Crippen molar-refractivity contribution in [2.75, 3.05) is 0 Å². The number of aromatic amines is 1. The van der Waals surface area contributed by atoms with Gasteiger partial charge in [0.05, 0.1) is 11.0 Å². The maximum Gasteiger partial charge on any atom is 0.268 e. The molecule has 0 atom stereocenters. The third-order valence-electron chi connectivity index (χ3n) is 3.03. The van der Waals surface area contributed by atoms with E-state index in [1.807, 2.05) is 6.07 Å². The lowest BCUT2D eigenvalue weighted by Crippen LogP contribution is -2.23. The highest BCUT2D eigenvalue weighted by molar-refractivity contribution is 5.96. The van der Waals surface area contributed by atoms with Gasteiger partial charge in [-0.1, -0.05) is 18.2 Å². The summed E-state index contributed by atoms with van der Waals surface area (Å²) in [6, 6.07) is 11.7. The summed E-state index contributed by atoms with van der Waals surface area (Å²) in [5.41, 5.74) is 2.39. The van der Waals surface area contributed by atoms with Crippen molar-refractivity contribution in [2.45, 2.75) is 6.54 Å². The highest BCUT2D eigenvalue weighted by Crippen LogP contribution is 2.12. The first-order valence-electron chi connectivity index (χ1n) is 6.19. The van der Waals surface area contributed by atoms with Gasteiger partial charge in [-0.05, 0) is 24.3 Å². The molecule has 1 aromatic carbocycles. The topological polar surface area (TPSA) is 57.8 Å². The Morgan fingerprint density at radius 1 is 1.25 bits per heavy atom. The average Bonchev–Trinajstić information content (AvgIpc) is 2.90. The molecule has 2 aromatic heterocycles. The largest absolute Gasteiger partial charge is 0.349 e. The number of carbonyl (C=O) groups is 1. The van der Waals surface area contributed by atoms with Crippen LogP contribution in [-0.4, -0.2) is 15.9 Å². The zero-order valence-electron chi connectivity index (χ0n) is 10.6. The summed E-state index contributed by atoms with van der Waals surface area (Å²) in [7, 11) is 0. The Morgan fingerprint density at radius 3 is 2.90 bits per heavy atom. The molecule has 0 saturated heterocycles. The van der Waals surface area contributed by atoms with Crippen LogP contribution in [0.3, 0.4) is 0 Å². The van der Waals surface area contributed by atoms with Gasteiger partial charge < -0.3 is 10.3 Å². The van der Waals surface area contributed by atoms with Gasteiger partial charge in [-0.25, -0.2) is 4.39 Å². The second-order valence-corrected chi connectivity index (χ2v) is 4.39. The third kappa shape index (κ3) is 2.38. The number of benzene rings is 1. The van der Waals surface area contributed by atoms with E-state index >= 15 is 0 Å². The summed E-state index contributed by atoms with van der Waals surface area (Å²) in [6.45, 7) is 0.147. The molecule has 20 heavy (non-hydrogen) atoms. The Hall–Kier alpha value is -2.69. The molecule has 3 aromatic rings. The van der Waals surface area contributed by atoms with Crippen molar-refractivity contribution in [3.8, 4) is 0 Å². The van der Waals surface area contributed by atoms with Gasteiger partial charge in [0.2, 0.25) is 0 Å². The maximum atomic E-state index is 13.4.